The molecule has 90 valence electrons. The molecule has 0 saturated heterocycles. The van der Waals surface area contributed by atoms with Crippen molar-refractivity contribution < 1.29 is 4.39 Å². The van der Waals surface area contributed by atoms with Crippen molar-refractivity contribution in [3.8, 4) is 11.3 Å². The Balaban J connectivity index is 2.33. The maximum Gasteiger partial charge on any atom is 0.224 e. The standard InChI is InChI=1S/C12H8ClFN4/c1-6-4-7(14)2-3-8(6)10-9-5-15-18-11(9)17-12(13)16-10/h2-5H,1H3,(H,15,16,17,18). The fraction of sp³-hybridized carbons (Fsp3) is 0.0833. The molecule has 3 aromatic rings. The molecular weight excluding hydrogens is 255 g/mol. The number of benzene rings is 1. The molecule has 0 aliphatic carbocycles. The van der Waals surface area contributed by atoms with E-state index in [1.807, 2.05) is 6.92 Å². The Labute approximate surface area is 107 Å². The molecular formula is C12H8ClFN4. The van der Waals surface area contributed by atoms with Crippen LogP contribution in [-0.2, 0) is 0 Å². The molecule has 2 heterocycles. The average Bonchev–Trinajstić information content (AvgIpc) is 2.76. The van der Waals surface area contributed by atoms with Gasteiger partial charge in [-0.3, -0.25) is 5.10 Å². The van der Waals surface area contributed by atoms with Gasteiger partial charge in [-0.1, -0.05) is 0 Å². The van der Waals surface area contributed by atoms with Crippen LogP contribution in [0.1, 0.15) is 5.56 Å². The van der Waals surface area contributed by atoms with Crippen molar-refractivity contribution in [3.63, 3.8) is 0 Å². The van der Waals surface area contributed by atoms with Gasteiger partial charge in [0.05, 0.1) is 17.3 Å². The van der Waals surface area contributed by atoms with E-state index < -0.39 is 0 Å². The predicted octanol–water partition coefficient (Wildman–Crippen LogP) is 3.12. The Hall–Kier alpha value is -2.01. The van der Waals surface area contributed by atoms with Crippen LogP contribution in [0, 0.1) is 12.7 Å². The van der Waals surface area contributed by atoms with E-state index in [1.165, 1.54) is 12.1 Å². The highest BCUT2D eigenvalue weighted by Gasteiger charge is 2.12. The number of H-pyrrole nitrogens is 1. The van der Waals surface area contributed by atoms with Gasteiger partial charge in [0.1, 0.15) is 5.82 Å². The Morgan fingerprint density at radius 1 is 1.28 bits per heavy atom. The van der Waals surface area contributed by atoms with E-state index in [0.717, 1.165) is 16.5 Å². The van der Waals surface area contributed by atoms with Crippen molar-refractivity contribution in [1.82, 2.24) is 20.2 Å². The summed E-state index contributed by atoms with van der Waals surface area (Å²) in [5.41, 5.74) is 2.81. The van der Waals surface area contributed by atoms with Crippen molar-refractivity contribution in [1.29, 1.82) is 0 Å². The average molecular weight is 263 g/mol. The lowest BCUT2D eigenvalue weighted by Gasteiger charge is -2.06. The summed E-state index contributed by atoms with van der Waals surface area (Å²) < 4.78 is 13.1. The Bertz CT molecular complexity index is 738. The van der Waals surface area contributed by atoms with E-state index in [0.29, 0.717) is 11.3 Å². The summed E-state index contributed by atoms with van der Waals surface area (Å²) in [6.07, 6.45) is 1.63. The highest BCUT2D eigenvalue weighted by atomic mass is 35.5. The molecule has 0 saturated carbocycles. The second-order valence-corrected chi connectivity index (χ2v) is 4.27. The van der Waals surface area contributed by atoms with E-state index in [9.17, 15) is 4.39 Å². The molecule has 4 nitrogen and oxygen atoms in total. The highest BCUT2D eigenvalue weighted by Crippen LogP contribution is 2.28. The van der Waals surface area contributed by atoms with Crippen LogP contribution in [0.2, 0.25) is 5.28 Å². The molecule has 18 heavy (non-hydrogen) atoms. The summed E-state index contributed by atoms with van der Waals surface area (Å²) >= 11 is 5.87. The molecule has 3 rings (SSSR count). The molecule has 0 unspecified atom stereocenters. The van der Waals surface area contributed by atoms with Crippen LogP contribution in [0.25, 0.3) is 22.3 Å². The van der Waals surface area contributed by atoms with Crippen molar-refractivity contribution in [3.05, 3.63) is 41.1 Å². The number of aromatic nitrogens is 4. The van der Waals surface area contributed by atoms with Gasteiger partial charge in [0.2, 0.25) is 5.28 Å². The molecule has 6 heteroatoms. The first-order valence-electron chi connectivity index (χ1n) is 5.28. The number of rotatable bonds is 1. The third-order valence-electron chi connectivity index (χ3n) is 2.73. The number of hydrogen-bond donors (Lipinski definition) is 1. The minimum Gasteiger partial charge on any atom is -0.261 e. The summed E-state index contributed by atoms with van der Waals surface area (Å²) in [7, 11) is 0. The predicted molar refractivity (Wildman–Crippen MR) is 66.8 cm³/mol. The van der Waals surface area contributed by atoms with Crippen molar-refractivity contribution in [2.45, 2.75) is 6.92 Å². The van der Waals surface area contributed by atoms with E-state index in [2.05, 4.69) is 20.2 Å². The van der Waals surface area contributed by atoms with Gasteiger partial charge in [-0.15, -0.1) is 0 Å². The fourth-order valence-electron chi connectivity index (χ4n) is 1.91. The summed E-state index contributed by atoms with van der Waals surface area (Å²) in [4.78, 5) is 8.24. The smallest absolute Gasteiger partial charge is 0.224 e. The molecule has 2 aromatic heterocycles. The molecule has 0 atom stereocenters. The molecule has 0 aliphatic heterocycles. The molecule has 0 amide bonds. The molecule has 0 fully saturated rings. The topological polar surface area (TPSA) is 54.5 Å². The number of nitrogens with one attached hydrogen (secondary N) is 1. The van der Waals surface area contributed by atoms with Crippen molar-refractivity contribution in [2.75, 3.05) is 0 Å². The zero-order valence-corrected chi connectivity index (χ0v) is 10.2. The van der Waals surface area contributed by atoms with Crippen LogP contribution in [0.15, 0.2) is 24.4 Å². The fourth-order valence-corrected chi connectivity index (χ4v) is 2.07. The molecule has 1 aromatic carbocycles. The van der Waals surface area contributed by atoms with Crippen LogP contribution in [-0.4, -0.2) is 20.2 Å². The normalized spacial score (nSPS) is 11.1. The van der Waals surface area contributed by atoms with Gasteiger partial charge in [0.15, 0.2) is 5.65 Å². The summed E-state index contributed by atoms with van der Waals surface area (Å²) in [6, 6.07) is 4.53. The summed E-state index contributed by atoms with van der Waals surface area (Å²) in [6.45, 7) is 1.82. The largest absolute Gasteiger partial charge is 0.261 e. The number of nitrogens with zero attached hydrogens (tertiary/aromatic N) is 3. The zero-order valence-electron chi connectivity index (χ0n) is 9.41. The maximum atomic E-state index is 13.1. The lowest BCUT2D eigenvalue weighted by molar-refractivity contribution is 0.627. The lowest BCUT2D eigenvalue weighted by Crippen LogP contribution is -1.92. The van der Waals surface area contributed by atoms with E-state index in [4.69, 9.17) is 11.6 Å². The van der Waals surface area contributed by atoms with Gasteiger partial charge >= 0.3 is 0 Å². The Kier molecular flexibility index (Phi) is 2.48. The molecule has 0 radical (unpaired) electrons. The number of hydrogen-bond acceptors (Lipinski definition) is 3. The summed E-state index contributed by atoms with van der Waals surface area (Å²) in [5, 5.41) is 7.55. The first kappa shape index (κ1) is 11.1. The van der Waals surface area contributed by atoms with E-state index >= 15 is 0 Å². The number of aromatic amines is 1. The second-order valence-electron chi connectivity index (χ2n) is 3.93. The quantitative estimate of drug-likeness (QED) is 0.686. The molecule has 1 N–H and O–H groups in total. The highest BCUT2D eigenvalue weighted by molar-refractivity contribution is 6.28. The maximum absolute atomic E-state index is 13.1. The third kappa shape index (κ3) is 1.73. The van der Waals surface area contributed by atoms with Crippen molar-refractivity contribution >= 4 is 22.6 Å². The van der Waals surface area contributed by atoms with Gasteiger partial charge in [-0.05, 0) is 42.3 Å². The number of aryl methyl sites for hydroxylation is 1. The third-order valence-corrected chi connectivity index (χ3v) is 2.90. The minimum atomic E-state index is -0.278. The molecule has 0 aliphatic rings. The van der Waals surface area contributed by atoms with Gasteiger partial charge in [0, 0.05) is 5.56 Å². The summed E-state index contributed by atoms with van der Waals surface area (Å²) in [5.74, 6) is -0.278. The SMILES string of the molecule is Cc1cc(F)ccc1-c1nc(Cl)nc2[nH]ncc12. The monoisotopic (exact) mass is 262 g/mol. The van der Waals surface area contributed by atoms with Gasteiger partial charge in [-0.25, -0.2) is 9.37 Å². The van der Waals surface area contributed by atoms with Crippen LogP contribution in [0.5, 0.6) is 0 Å². The number of halogens is 2. The van der Waals surface area contributed by atoms with E-state index in [1.54, 1.807) is 12.3 Å². The van der Waals surface area contributed by atoms with Crippen LogP contribution in [0.4, 0.5) is 4.39 Å². The van der Waals surface area contributed by atoms with Crippen molar-refractivity contribution in [2.24, 2.45) is 0 Å². The van der Waals surface area contributed by atoms with Gasteiger partial charge in [-0.2, -0.15) is 10.1 Å². The van der Waals surface area contributed by atoms with E-state index in [-0.39, 0.29) is 11.1 Å². The first-order valence-corrected chi connectivity index (χ1v) is 5.66. The lowest BCUT2D eigenvalue weighted by atomic mass is 10.0. The second kappa shape index (κ2) is 4.03. The Morgan fingerprint density at radius 2 is 2.11 bits per heavy atom. The number of fused-ring (bicyclic) bond motifs is 1. The van der Waals surface area contributed by atoms with Crippen LogP contribution >= 0.6 is 11.6 Å². The Morgan fingerprint density at radius 3 is 2.89 bits per heavy atom. The van der Waals surface area contributed by atoms with Gasteiger partial charge in [0.25, 0.3) is 0 Å². The first-order chi connectivity index (χ1) is 8.65. The van der Waals surface area contributed by atoms with Gasteiger partial charge < -0.3 is 0 Å². The molecule has 0 spiro atoms. The zero-order chi connectivity index (χ0) is 12.7. The van der Waals surface area contributed by atoms with Crippen LogP contribution in [0.3, 0.4) is 0 Å². The minimum absolute atomic E-state index is 0.130. The van der Waals surface area contributed by atoms with Crippen LogP contribution < -0.4 is 0 Å². The molecule has 0 bridgehead atoms.